The number of nitrogens with two attached hydrogens (primary N) is 2. The molecule has 6 aromatic rings. The molecule has 700 valence electrons. The highest BCUT2D eigenvalue weighted by Gasteiger charge is 2.46. The Morgan fingerprint density at radius 3 is 1.65 bits per heavy atom. The predicted molar refractivity (Wildman–Crippen MR) is 482 cm³/mol. The van der Waals surface area contributed by atoms with Gasteiger partial charge in [-0.3, -0.25) is 76.7 Å². The summed E-state index contributed by atoms with van der Waals surface area (Å²) < 4.78 is 19.7. The SMILES string of the molecule is CCCC[C@H]1C(=O)N2CCC[C@@H]2C(=O)N[C@@H](COC=O)C(=O)N[C@@H](C(C)C)C(=O)N(C)[C@@H](Cc2ccccc2)C(=O)N[C@@H](CCCN)C(=O)N2CCC[C@@H]2C(=O)N[C@@H](Cc2c[nH]c3ccccc23)C(=O)N[C@@H](Cc2ccc(O)cc2)C(=O)N[C@@H](CC(C)C)C(=O)N[C@H](C(=O)NCC(N)=O)CSCC(=O)N[C@@H](Cc2ccc(F)cc2)C(=O)N(C)[C@@H](Cc2ccccc2)C(=O)N1C. The molecule has 5 aromatic carbocycles. The van der Waals surface area contributed by atoms with Crippen molar-refractivity contribution < 1.29 is 90.9 Å². The van der Waals surface area contributed by atoms with E-state index in [0.29, 0.717) is 51.6 Å². The highest BCUT2D eigenvalue weighted by molar-refractivity contribution is 8.00. The fraction of sp³-hybridized carbons (Fsp3) is 0.484. The number of hydrogen-bond acceptors (Lipinski definition) is 20. The molecule has 4 heterocycles. The summed E-state index contributed by atoms with van der Waals surface area (Å²) in [7, 11) is 4.09. The molecule has 1 aromatic heterocycles. The zero-order valence-corrected chi connectivity index (χ0v) is 75.5. The molecule has 3 saturated heterocycles. The maximum Gasteiger partial charge on any atom is 0.293 e. The second-order valence-corrected chi connectivity index (χ2v) is 35.0. The van der Waals surface area contributed by atoms with Crippen LogP contribution in [0.5, 0.6) is 5.75 Å². The third kappa shape index (κ3) is 28.4. The first kappa shape index (κ1) is 101. The van der Waals surface area contributed by atoms with E-state index in [2.05, 4.69) is 52.8 Å². The lowest BCUT2D eigenvalue weighted by molar-refractivity contribution is -0.152. The van der Waals surface area contributed by atoms with Crippen LogP contribution in [0, 0.1) is 17.7 Å². The number of rotatable bonds is 25. The van der Waals surface area contributed by atoms with Gasteiger partial charge in [0.05, 0.1) is 12.3 Å². The van der Waals surface area contributed by atoms with Crippen LogP contribution in [0.15, 0.2) is 140 Å². The smallest absolute Gasteiger partial charge is 0.293 e. The van der Waals surface area contributed by atoms with Crippen LogP contribution in [-0.4, -0.2) is 274 Å². The average molecular weight is 1820 g/mol. The van der Waals surface area contributed by atoms with Gasteiger partial charge in [-0.2, -0.15) is 0 Å². The third-order valence-electron chi connectivity index (χ3n) is 23.5. The number of H-pyrrole nitrogens is 1. The fourth-order valence-corrected chi connectivity index (χ4v) is 17.2. The van der Waals surface area contributed by atoms with Gasteiger partial charge in [0.15, 0.2) is 0 Å². The van der Waals surface area contributed by atoms with Gasteiger partial charge >= 0.3 is 0 Å². The van der Waals surface area contributed by atoms with Gasteiger partial charge in [-0.1, -0.05) is 151 Å². The standard InChI is InChI=1S/C93H122FN17O18S/c1-9-10-29-75-92(127)111-42-21-31-74(111)87(122)104-71(51-129-54-112)85(120)106-80(56(4)5)93(128)108(7)76(46-57-22-13-11-14-23-57)88(123)100-66(28-19-40-95)90(125)110-41-20-30-73(110)86(121)103-69(48-61-49-97-65-27-18-17-26-64(61)65)84(119)102-68(44-60-34-38-63(113)39-35-60)83(118)101-67(43-55(2)3)82(117)105-72(81(116)98-50-78(96)114)52-130-53-79(115)99-70(45-59-32-36-62(94)37-33-59)89(124)109(8)77(91(126)107(75)6)47-58-24-15-12-16-25-58/h11-18,22-27,32-39,49,54-56,66-77,80,97,113H,9-10,19-21,28-31,40-48,50-53,95H2,1-8H3,(H2,96,114)(H,98,116)(H,99,115)(H,100,123)(H,101,118)(H,102,119)(H,103,121)(H,104,122)(H,105,117)(H,106,120)/t66-,67-,68-,69-,70-,71-,72-,73+,74+,75-,76-,77-,80-/m0/s1. The van der Waals surface area contributed by atoms with Gasteiger partial charge in [0.2, 0.25) is 88.6 Å². The normalized spacial score (nSPS) is 23.8. The van der Waals surface area contributed by atoms with Gasteiger partial charge in [0.25, 0.3) is 6.47 Å². The highest BCUT2D eigenvalue weighted by Crippen LogP contribution is 2.28. The van der Waals surface area contributed by atoms with Crippen molar-refractivity contribution in [2.45, 2.75) is 209 Å². The first-order chi connectivity index (χ1) is 62.2. The van der Waals surface area contributed by atoms with Gasteiger partial charge < -0.3 is 98.6 Å². The molecule has 37 heteroatoms. The lowest BCUT2D eigenvalue weighted by Crippen LogP contribution is -2.62. The lowest BCUT2D eigenvalue weighted by Gasteiger charge is -2.38. The van der Waals surface area contributed by atoms with Crippen molar-refractivity contribution in [3.05, 3.63) is 173 Å². The number of carbonyl (C=O) groups is 16. The van der Waals surface area contributed by atoms with Crippen LogP contribution in [0.1, 0.15) is 127 Å². The van der Waals surface area contributed by atoms with Crippen LogP contribution in [-0.2, 0) is 114 Å². The molecule has 3 fully saturated rings. The molecule has 0 unspecified atom stereocenters. The van der Waals surface area contributed by atoms with Crippen LogP contribution < -0.4 is 59.3 Å². The number of aromatic amines is 1. The number of hydrogen-bond donors (Lipinski definition) is 13. The number of halogens is 1. The van der Waals surface area contributed by atoms with Crippen LogP contribution >= 0.6 is 11.8 Å². The summed E-state index contributed by atoms with van der Waals surface area (Å²) in [5.74, 6) is -15.5. The Labute approximate surface area is 759 Å². The van der Waals surface area contributed by atoms with E-state index in [1.54, 1.807) is 119 Å². The minimum Gasteiger partial charge on any atom is -0.508 e. The molecule has 13 atom stereocenters. The molecule has 0 bridgehead atoms. The molecule has 9 rings (SSSR count). The van der Waals surface area contributed by atoms with E-state index >= 15 is 47.9 Å². The molecule has 0 aliphatic carbocycles. The molecular formula is C93H122FN17O18S. The Balaban J connectivity index is 1.12. The van der Waals surface area contributed by atoms with Crippen molar-refractivity contribution in [3.63, 3.8) is 0 Å². The molecule has 130 heavy (non-hydrogen) atoms. The van der Waals surface area contributed by atoms with Crippen LogP contribution in [0.2, 0.25) is 0 Å². The number of nitrogens with one attached hydrogen (secondary N) is 10. The van der Waals surface area contributed by atoms with Gasteiger partial charge in [0.1, 0.15) is 96.7 Å². The number of nitrogens with zero attached hydrogens (tertiary/aromatic N) is 5. The quantitative estimate of drug-likeness (QED) is 0.0365. The van der Waals surface area contributed by atoms with Crippen molar-refractivity contribution in [2.24, 2.45) is 23.3 Å². The van der Waals surface area contributed by atoms with Gasteiger partial charge in [-0.05, 0) is 128 Å². The van der Waals surface area contributed by atoms with Crippen molar-refractivity contribution >= 4 is 118 Å². The molecule has 0 saturated carbocycles. The van der Waals surface area contributed by atoms with Gasteiger partial charge in [-0.15, -0.1) is 11.8 Å². The first-order valence-corrected chi connectivity index (χ1v) is 45.2. The lowest BCUT2D eigenvalue weighted by atomic mass is 9.98. The van der Waals surface area contributed by atoms with Crippen LogP contribution in [0.3, 0.4) is 0 Å². The molecule has 15 amide bonds. The number of carbonyl (C=O) groups excluding carboxylic acids is 16. The summed E-state index contributed by atoms with van der Waals surface area (Å²) in [6.07, 6.45) is 2.25. The number of likely N-dealkylation sites (N-methyl/N-ethyl adjacent to an activating group) is 3. The van der Waals surface area contributed by atoms with Crippen LogP contribution in [0.25, 0.3) is 10.9 Å². The fourth-order valence-electron chi connectivity index (χ4n) is 16.3. The van der Waals surface area contributed by atoms with Crippen LogP contribution in [0.4, 0.5) is 4.39 Å². The summed E-state index contributed by atoms with van der Waals surface area (Å²) >= 11 is 0.804. The summed E-state index contributed by atoms with van der Waals surface area (Å²) in [6, 6.07) is 16.3. The van der Waals surface area contributed by atoms with Crippen molar-refractivity contribution in [1.82, 2.24) is 77.3 Å². The van der Waals surface area contributed by atoms with Gasteiger partial charge in [-0.25, -0.2) is 4.39 Å². The molecule has 3 aliphatic heterocycles. The summed E-state index contributed by atoms with van der Waals surface area (Å²) in [5.41, 5.74) is 14.7. The maximum absolute atomic E-state index is 15.7. The Hall–Kier alpha value is -12.8. The summed E-state index contributed by atoms with van der Waals surface area (Å²) in [6.45, 7) is 7.24. The third-order valence-corrected chi connectivity index (χ3v) is 24.6. The first-order valence-electron chi connectivity index (χ1n) is 44.1. The monoisotopic (exact) mass is 1820 g/mol. The molecule has 0 spiro atoms. The Kier molecular flexibility index (Phi) is 38.1. The summed E-state index contributed by atoms with van der Waals surface area (Å²) in [5, 5.41) is 35.6. The molecule has 35 nitrogen and oxygen atoms in total. The number of phenols is 1. The van der Waals surface area contributed by atoms with Gasteiger partial charge in [0, 0.05) is 89.2 Å². The minimum absolute atomic E-state index is 0.000416. The minimum atomic E-state index is -1.71. The maximum atomic E-state index is 15.7. The number of para-hydroxylation sites is 1. The molecule has 0 radical (unpaired) electrons. The van der Waals surface area contributed by atoms with E-state index in [9.17, 15) is 38.3 Å². The van der Waals surface area contributed by atoms with E-state index in [1.807, 2.05) is 6.92 Å². The van der Waals surface area contributed by atoms with E-state index in [4.69, 9.17) is 16.2 Å². The van der Waals surface area contributed by atoms with Crippen molar-refractivity contribution in [1.29, 1.82) is 0 Å². The number of amides is 15. The van der Waals surface area contributed by atoms with E-state index in [1.165, 1.54) is 72.2 Å². The van der Waals surface area contributed by atoms with E-state index in [-0.39, 0.29) is 121 Å². The average Bonchev–Trinajstić information content (AvgIpc) is 1.52. The number of ether oxygens (including phenoxy) is 1. The molecule has 3 aliphatic rings. The Morgan fingerprint density at radius 2 is 1.05 bits per heavy atom. The second-order valence-electron chi connectivity index (χ2n) is 34.0. The number of fused-ring (bicyclic) bond motifs is 3. The number of aromatic hydroxyl groups is 1. The number of benzene rings is 5. The number of unbranched alkanes of at least 4 members (excludes halogenated alkanes) is 1. The summed E-state index contributed by atoms with van der Waals surface area (Å²) in [4.78, 5) is 246. The number of primary amides is 1. The Bertz CT molecular complexity index is 4930. The zero-order valence-electron chi connectivity index (χ0n) is 74.6. The van der Waals surface area contributed by atoms with Crippen molar-refractivity contribution in [2.75, 3.05) is 65.4 Å². The van der Waals surface area contributed by atoms with Crippen molar-refractivity contribution in [3.8, 4) is 5.75 Å². The number of phenolic OH excluding ortho intramolecular Hbond substituents is 1. The van der Waals surface area contributed by atoms with E-state index in [0.717, 1.165) is 33.7 Å². The van der Waals surface area contributed by atoms with E-state index < -0.39 is 204 Å². The number of thioether (sulfide) groups is 1. The number of aromatic nitrogens is 1. The molecule has 15 N–H and O–H groups in total. The zero-order chi connectivity index (χ0) is 94.4. The Morgan fingerprint density at radius 1 is 0.538 bits per heavy atom. The molecular weight excluding hydrogens is 1690 g/mol. The second kappa shape index (κ2) is 49.1. The predicted octanol–water partition coefficient (Wildman–Crippen LogP) is 2.02. The topological polar surface area (TPSA) is 495 Å². The largest absolute Gasteiger partial charge is 0.508 e. The highest BCUT2D eigenvalue weighted by atomic mass is 32.2.